The molecule has 0 aromatic heterocycles. The van der Waals surface area contributed by atoms with Crippen LogP contribution in [0.2, 0.25) is 0 Å². The highest BCUT2D eigenvalue weighted by molar-refractivity contribution is 6.06. The summed E-state index contributed by atoms with van der Waals surface area (Å²) >= 11 is 0. The molecule has 1 unspecified atom stereocenters. The maximum Gasteiger partial charge on any atom is 0.322 e. The molecular weight excluding hydrogens is 244 g/mol. The van der Waals surface area contributed by atoms with Gasteiger partial charge in [0.25, 0.3) is 5.91 Å². The van der Waals surface area contributed by atoms with Gasteiger partial charge in [-0.15, -0.1) is 0 Å². The third-order valence-electron chi connectivity index (χ3n) is 3.15. The van der Waals surface area contributed by atoms with Gasteiger partial charge >= 0.3 is 6.03 Å². The molecule has 2 heterocycles. The minimum absolute atomic E-state index is 0.290. The molecule has 0 aliphatic carbocycles. The number of aliphatic imine (C=N–C) groups is 1. The van der Waals surface area contributed by atoms with E-state index in [-0.39, 0.29) is 5.91 Å². The fraction of sp³-hybridized carbons (Fsp3) is 0.462. The number of urea groups is 1. The van der Waals surface area contributed by atoms with Crippen LogP contribution in [0.15, 0.2) is 29.3 Å². The van der Waals surface area contributed by atoms with Gasteiger partial charge in [0.05, 0.1) is 6.54 Å². The summed E-state index contributed by atoms with van der Waals surface area (Å²) in [5.41, 5.74) is 0.0560. The van der Waals surface area contributed by atoms with E-state index in [4.69, 9.17) is 0 Å². The molecule has 1 atom stereocenters. The van der Waals surface area contributed by atoms with E-state index in [1.54, 1.807) is 13.1 Å². The first-order valence-corrected chi connectivity index (χ1v) is 6.20. The third-order valence-corrected chi connectivity index (χ3v) is 3.15. The van der Waals surface area contributed by atoms with E-state index in [2.05, 4.69) is 27.1 Å². The third kappa shape index (κ3) is 3.29. The lowest BCUT2D eigenvalue weighted by atomic mass is 10.0. The number of amides is 3. The van der Waals surface area contributed by atoms with Crippen LogP contribution in [0.4, 0.5) is 4.79 Å². The number of hydrogen-bond acceptors (Lipinski definition) is 4. The fourth-order valence-electron chi connectivity index (χ4n) is 2.21. The Morgan fingerprint density at radius 3 is 3.00 bits per heavy atom. The minimum atomic E-state index is -0.890. The summed E-state index contributed by atoms with van der Waals surface area (Å²) in [5, 5.41) is 4.93. The van der Waals surface area contributed by atoms with E-state index in [0.29, 0.717) is 19.6 Å². The van der Waals surface area contributed by atoms with Crippen molar-refractivity contribution in [2.75, 3.05) is 26.2 Å². The molecule has 2 aliphatic rings. The molecule has 3 amide bonds. The molecule has 0 saturated carbocycles. The number of carbonyl (C=O) groups excluding carboxylic acids is 2. The van der Waals surface area contributed by atoms with Crippen LogP contribution in [0.3, 0.4) is 0 Å². The van der Waals surface area contributed by atoms with Gasteiger partial charge in [-0.2, -0.15) is 0 Å². The molecule has 2 N–H and O–H groups in total. The largest absolute Gasteiger partial charge is 0.322 e. The van der Waals surface area contributed by atoms with Crippen molar-refractivity contribution >= 4 is 18.2 Å². The molecule has 19 heavy (non-hydrogen) atoms. The Morgan fingerprint density at radius 2 is 2.32 bits per heavy atom. The summed E-state index contributed by atoms with van der Waals surface area (Å²) in [6, 6.07) is -0.437. The Balaban J connectivity index is 2.06. The SMILES string of the molecule is C=C1/C=C\C=NCCN(CC2(C)NC(=O)NC2=O)C1. The van der Waals surface area contributed by atoms with Crippen LogP contribution in [0.25, 0.3) is 0 Å². The first-order valence-electron chi connectivity index (χ1n) is 6.20. The fourth-order valence-corrected chi connectivity index (χ4v) is 2.21. The molecule has 2 rings (SSSR count). The topological polar surface area (TPSA) is 73.8 Å². The van der Waals surface area contributed by atoms with Crippen LogP contribution in [-0.4, -0.2) is 54.8 Å². The lowest BCUT2D eigenvalue weighted by Gasteiger charge is -2.30. The zero-order valence-electron chi connectivity index (χ0n) is 11.0. The number of nitrogens with zero attached hydrogens (tertiary/aromatic N) is 2. The van der Waals surface area contributed by atoms with Gasteiger partial charge in [0.2, 0.25) is 0 Å². The van der Waals surface area contributed by atoms with E-state index in [1.165, 1.54) is 0 Å². The molecule has 0 radical (unpaired) electrons. The maximum atomic E-state index is 11.8. The molecule has 0 spiro atoms. The van der Waals surface area contributed by atoms with Crippen LogP contribution in [0.1, 0.15) is 6.92 Å². The Kier molecular flexibility index (Phi) is 3.80. The Morgan fingerprint density at radius 1 is 1.53 bits per heavy atom. The van der Waals surface area contributed by atoms with E-state index < -0.39 is 11.6 Å². The second-order valence-corrected chi connectivity index (χ2v) is 5.02. The number of allylic oxidation sites excluding steroid dienone is 1. The molecule has 0 bridgehead atoms. The van der Waals surface area contributed by atoms with Crippen molar-refractivity contribution < 1.29 is 9.59 Å². The van der Waals surface area contributed by atoms with Crippen LogP contribution in [-0.2, 0) is 4.79 Å². The number of carbonyl (C=O) groups is 2. The second-order valence-electron chi connectivity index (χ2n) is 5.02. The van der Waals surface area contributed by atoms with Gasteiger partial charge in [-0.25, -0.2) is 4.79 Å². The van der Waals surface area contributed by atoms with Crippen molar-refractivity contribution in [3.63, 3.8) is 0 Å². The van der Waals surface area contributed by atoms with Crippen LogP contribution in [0.5, 0.6) is 0 Å². The van der Waals surface area contributed by atoms with Crippen LogP contribution < -0.4 is 10.6 Å². The Hall–Kier alpha value is -1.95. The van der Waals surface area contributed by atoms with Crippen molar-refractivity contribution in [1.29, 1.82) is 0 Å². The normalized spacial score (nSPS) is 30.3. The maximum absolute atomic E-state index is 11.8. The predicted octanol–water partition coefficient (Wildman–Crippen LogP) is 0.0833. The summed E-state index contributed by atoms with van der Waals surface area (Å²) < 4.78 is 0. The first-order chi connectivity index (χ1) is 8.99. The summed E-state index contributed by atoms with van der Waals surface area (Å²) in [4.78, 5) is 29.3. The molecule has 1 fully saturated rings. The molecule has 0 aromatic carbocycles. The van der Waals surface area contributed by atoms with E-state index >= 15 is 0 Å². The monoisotopic (exact) mass is 262 g/mol. The van der Waals surface area contributed by atoms with Crippen molar-refractivity contribution in [3.05, 3.63) is 24.3 Å². The van der Waals surface area contributed by atoms with Gasteiger partial charge in [0.1, 0.15) is 5.54 Å². The molecule has 2 aliphatic heterocycles. The standard InChI is InChI=1S/C13H18N4O2/c1-10-4-3-5-14-6-7-17(8-10)9-13(2)11(18)15-12(19)16-13/h3-5H,1,6-9H2,2H3,(H2,15,16,18,19)/b4-3-,14-5?. The van der Waals surface area contributed by atoms with Gasteiger partial charge in [0.15, 0.2) is 0 Å². The number of hydrogen-bond donors (Lipinski definition) is 2. The van der Waals surface area contributed by atoms with Crippen molar-refractivity contribution in [1.82, 2.24) is 15.5 Å². The molecule has 0 aromatic rings. The van der Waals surface area contributed by atoms with Crippen LogP contribution in [0, 0.1) is 0 Å². The zero-order valence-corrected chi connectivity index (χ0v) is 11.0. The summed E-state index contributed by atoms with van der Waals surface area (Å²) in [5.74, 6) is -0.290. The van der Waals surface area contributed by atoms with Crippen molar-refractivity contribution in [2.24, 2.45) is 4.99 Å². The average Bonchev–Trinajstić information content (AvgIpc) is 2.61. The van der Waals surface area contributed by atoms with Gasteiger partial charge in [-0.3, -0.25) is 20.0 Å². The first kappa shape index (κ1) is 13.5. The summed E-state index contributed by atoms with van der Waals surface area (Å²) in [7, 11) is 0. The zero-order chi connectivity index (χ0) is 13.9. The molecule has 1 saturated heterocycles. The second kappa shape index (κ2) is 5.36. The smallest absolute Gasteiger partial charge is 0.322 e. The van der Waals surface area contributed by atoms with Gasteiger partial charge in [-0.1, -0.05) is 12.7 Å². The molecule has 102 valence electrons. The lowest BCUT2D eigenvalue weighted by Crippen LogP contribution is -2.53. The number of nitrogens with one attached hydrogen (secondary N) is 2. The van der Waals surface area contributed by atoms with E-state index in [9.17, 15) is 9.59 Å². The summed E-state index contributed by atoms with van der Waals surface area (Å²) in [6.07, 6.45) is 5.51. The molecular formula is C13H18N4O2. The lowest BCUT2D eigenvalue weighted by molar-refractivity contribution is -0.124. The predicted molar refractivity (Wildman–Crippen MR) is 73.2 cm³/mol. The highest BCUT2D eigenvalue weighted by atomic mass is 16.2. The Labute approximate surface area is 112 Å². The quantitative estimate of drug-likeness (QED) is 0.692. The van der Waals surface area contributed by atoms with E-state index in [1.807, 2.05) is 12.2 Å². The molecule has 6 heteroatoms. The number of rotatable bonds is 2. The van der Waals surface area contributed by atoms with Gasteiger partial charge in [-0.05, 0) is 18.6 Å². The minimum Gasteiger partial charge on any atom is -0.322 e. The number of imide groups is 1. The van der Waals surface area contributed by atoms with Gasteiger partial charge < -0.3 is 5.32 Å². The highest BCUT2D eigenvalue weighted by Crippen LogP contribution is 2.13. The molecule has 6 nitrogen and oxygen atoms in total. The van der Waals surface area contributed by atoms with Crippen LogP contribution >= 0.6 is 0 Å². The van der Waals surface area contributed by atoms with E-state index in [0.717, 1.165) is 12.1 Å². The van der Waals surface area contributed by atoms with Gasteiger partial charge in [0, 0.05) is 25.8 Å². The average molecular weight is 262 g/mol. The Bertz CT molecular complexity index is 469. The highest BCUT2D eigenvalue weighted by Gasteiger charge is 2.42. The van der Waals surface area contributed by atoms with Crippen molar-refractivity contribution in [2.45, 2.75) is 12.5 Å². The summed E-state index contributed by atoms with van der Waals surface area (Å²) in [6.45, 7) is 8.15. The van der Waals surface area contributed by atoms with Crippen molar-refractivity contribution in [3.8, 4) is 0 Å².